The molecule has 2 N–H and O–H groups in total. The molecule has 0 amide bonds. The van der Waals surface area contributed by atoms with Gasteiger partial charge >= 0.3 is 0 Å². The zero-order valence-corrected chi connectivity index (χ0v) is 10.8. The van der Waals surface area contributed by atoms with Crippen LogP contribution in [-0.4, -0.2) is 14.2 Å². The maximum atomic E-state index is 11.9. The second-order valence-corrected chi connectivity index (χ2v) is 7.03. The molecule has 3 nitrogen and oxygen atoms in total. The number of sulfone groups is 1. The fourth-order valence-electron chi connectivity index (χ4n) is 1.48. The van der Waals surface area contributed by atoms with Gasteiger partial charge in [-0.15, -0.1) is 11.3 Å². The topological polar surface area (TPSA) is 60.2 Å². The Morgan fingerprint density at radius 2 is 1.82 bits per heavy atom. The third kappa shape index (κ3) is 3.08. The largest absolute Gasteiger partial charge is 0.399 e. The molecule has 0 spiro atoms. The molecule has 0 saturated carbocycles. The molecule has 1 aromatic carbocycles. The molecule has 1 aromatic heterocycles. The Kier molecular flexibility index (Phi) is 3.49. The molecule has 0 radical (unpaired) electrons. The van der Waals surface area contributed by atoms with E-state index in [1.807, 2.05) is 12.1 Å². The quantitative estimate of drug-likeness (QED) is 0.865. The van der Waals surface area contributed by atoms with E-state index < -0.39 is 9.84 Å². The number of thiophene rings is 1. The van der Waals surface area contributed by atoms with E-state index in [1.54, 1.807) is 29.6 Å². The molecule has 0 aliphatic carbocycles. The lowest BCUT2D eigenvalue weighted by atomic mass is 10.2. The summed E-state index contributed by atoms with van der Waals surface area (Å²) in [5.74, 6) is 0.136. The van der Waals surface area contributed by atoms with Crippen LogP contribution in [0.4, 0.5) is 5.69 Å². The van der Waals surface area contributed by atoms with Crippen LogP contribution >= 0.6 is 11.3 Å². The van der Waals surface area contributed by atoms with Crippen molar-refractivity contribution < 1.29 is 8.42 Å². The van der Waals surface area contributed by atoms with Gasteiger partial charge in [0.2, 0.25) is 0 Å². The molecule has 1 heterocycles. The molecule has 5 heteroatoms. The second kappa shape index (κ2) is 4.89. The Balaban J connectivity index is 2.06. The third-order valence-corrected chi connectivity index (χ3v) is 5.64. The van der Waals surface area contributed by atoms with E-state index in [2.05, 4.69) is 0 Å². The summed E-state index contributed by atoms with van der Waals surface area (Å²) >= 11 is 1.26. The van der Waals surface area contributed by atoms with E-state index in [0.29, 0.717) is 16.3 Å². The van der Waals surface area contributed by atoms with Crippen molar-refractivity contribution in [2.45, 2.75) is 10.6 Å². The number of nitrogens with two attached hydrogens (primary N) is 1. The van der Waals surface area contributed by atoms with E-state index in [-0.39, 0.29) is 5.75 Å². The van der Waals surface area contributed by atoms with Gasteiger partial charge in [-0.1, -0.05) is 18.2 Å². The van der Waals surface area contributed by atoms with Gasteiger partial charge in [0.15, 0.2) is 9.84 Å². The lowest BCUT2D eigenvalue weighted by Crippen LogP contribution is -2.07. The van der Waals surface area contributed by atoms with Crippen molar-refractivity contribution in [3.8, 4) is 0 Å². The van der Waals surface area contributed by atoms with Crippen LogP contribution in [0.15, 0.2) is 46.0 Å². The van der Waals surface area contributed by atoms with Gasteiger partial charge in [-0.05, 0) is 35.6 Å². The standard InChI is InChI=1S/C12H13NO2S2/c13-11-5-3-10(4-6-11)7-9-17(14,15)12-2-1-8-16-12/h1-6,8H,7,9,13H2. The fraction of sp³-hybridized carbons (Fsp3) is 0.167. The van der Waals surface area contributed by atoms with E-state index in [1.165, 1.54) is 11.3 Å². The zero-order valence-electron chi connectivity index (χ0n) is 9.17. The molecule has 17 heavy (non-hydrogen) atoms. The van der Waals surface area contributed by atoms with Crippen LogP contribution in [0.1, 0.15) is 5.56 Å². The molecule has 2 rings (SSSR count). The number of benzene rings is 1. The maximum absolute atomic E-state index is 11.9. The number of rotatable bonds is 4. The minimum atomic E-state index is -3.14. The highest BCUT2D eigenvalue weighted by molar-refractivity contribution is 7.93. The summed E-state index contributed by atoms with van der Waals surface area (Å²) in [7, 11) is -3.14. The zero-order chi connectivity index (χ0) is 12.3. The molecule has 90 valence electrons. The average molecular weight is 267 g/mol. The fourth-order valence-corrected chi connectivity index (χ4v) is 3.92. The van der Waals surface area contributed by atoms with Gasteiger partial charge in [-0.25, -0.2) is 8.42 Å². The molecular weight excluding hydrogens is 254 g/mol. The summed E-state index contributed by atoms with van der Waals surface area (Å²) in [5, 5.41) is 1.77. The van der Waals surface area contributed by atoms with Crippen LogP contribution in [0.2, 0.25) is 0 Å². The van der Waals surface area contributed by atoms with Crippen LogP contribution in [0.5, 0.6) is 0 Å². The lowest BCUT2D eigenvalue weighted by Gasteiger charge is -2.02. The van der Waals surface area contributed by atoms with Crippen LogP contribution in [-0.2, 0) is 16.3 Å². The molecule has 0 saturated heterocycles. The minimum absolute atomic E-state index is 0.136. The van der Waals surface area contributed by atoms with Gasteiger partial charge in [0.25, 0.3) is 0 Å². The van der Waals surface area contributed by atoms with Crippen LogP contribution in [0, 0.1) is 0 Å². The van der Waals surface area contributed by atoms with Gasteiger partial charge in [0.1, 0.15) is 4.21 Å². The third-order valence-electron chi connectivity index (χ3n) is 2.44. The Morgan fingerprint density at radius 1 is 1.12 bits per heavy atom. The molecule has 0 aliphatic heterocycles. The monoisotopic (exact) mass is 267 g/mol. The van der Waals surface area contributed by atoms with Gasteiger partial charge in [-0.3, -0.25) is 0 Å². The van der Waals surface area contributed by atoms with Gasteiger partial charge in [0, 0.05) is 5.69 Å². The normalized spacial score (nSPS) is 11.5. The molecule has 0 bridgehead atoms. The van der Waals surface area contributed by atoms with Gasteiger partial charge < -0.3 is 5.73 Å². The SMILES string of the molecule is Nc1ccc(CCS(=O)(=O)c2cccs2)cc1. The predicted octanol–water partition coefficient (Wildman–Crippen LogP) is 2.35. The van der Waals surface area contributed by atoms with Gasteiger partial charge in [0.05, 0.1) is 5.75 Å². The highest BCUT2D eigenvalue weighted by atomic mass is 32.2. The summed E-state index contributed by atoms with van der Waals surface area (Å²) in [5.41, 5.74) is 7.24. The number of hydrogen-bond donors (Lipinski definition) is 1. The number of nitrogen functional groups attached to an aromatic ring is 1. The molecule has 0 aliphatic rings. The Bertz CT molecular complexity index is 571. The van der Waals surface area contributed by atoms with Crippen molar-refractivity contribution in [2.75, 3.05) is 11.5 Å². The first-order valence-electron chi connectivity index (χ1n) is 5.18. The molecular formula is C12H13NO2S2. The van der Waals surface area contributed by atoms with Crippen molar-refractivity contribution in [2.24, 2.45) is 0 Å². The van der Waals surface area contributed by atoms with Crippen molar-refractivity contribution in [3.63, 3.8) is 0 Å². The van der Waals surface area contributed by atoms with Crippen molar-refractivity contribution in [1.29, 1.82) is 0 Å². The first-order chi connectivity index (χ1) is 8.08. The summed E-state index contributed by atoms with van der Waals surface area (Å²) in [4.78, 5) is 0. The lowest BCUT2D eigenvalue weighted by molar-refractivity contribution is 0.597. The summed E-state index contributed by atoms with van der Waals surface area (Å²) in [6, 6.07) is 10.7. The van der Waals surface area contributed by atoms with Crippen LogP contribution < -0.4 is 5.73 Å². The van der Waals surface area contributed by atoms with Crippen molar-refractivity contribution in [1.82, 2.24) is 0 Å². The van der Waals surface area contributed by atoms with E-state index >= 15 is 0 Å². The number of hydrogen-bond acceptors (Lipinski definition) is 4. The highest BCUT2D eigenvalue weighted by Gasteiger charge is 2.14. The highest BCUT2D eigenvalue weighted by Crippen LogP contribution is 2.18. The smallest absolute Gasteiger partial charge is 0.188 e. The first kappa shape index (κ1) is 12.1. The average Bonchev–Trinajstić information content (AvgIpc) is 2.82. The molecule has 0 unspecified atom stereocenters. The molecule has 0 atom stereocenters. The Labute approximate surface area is 105 Å². The van der Waals surface area contributed by atoms with E-state index in [4.69, 9.17) is 5.73 Å². The summed E-state index contributed by atoms with van der Waals surface area (Å²) in [6.45, 7) is 0. The summed E-state index contributed by atoms with van der Waals surface area (Å²) < 4.78 is 24.3. The first-order valence-corrected chi connectivity index (χ1v) is 7.72. The van der Waals surface area contributed by atoms with Crippen LogP contribution in [0.25, 0.3) is 0 Å². The number of anilines is 1. The van der Waals surface area contributed by atoms with Gasteiger partial charge in [-0.2, -0.15) is 0 Å². The Hall–Kier alpha value is -1.33. The van der Waals surface area contributed by atoms with Crippen LogP contribution in [0.3, 0.4) is 0 Å². The predicted molar refractivity (Wildman–Crippen MR) is 70.9 cm³/mol. The number of aryl methyl sites for hydroxylation is 1. The summed E-state index contributed by atoms with van der Waals surface area (Å²) in [6.07, 6.45) is 0.514. The molecule has 0 fully saturated rings. The van der Waals surface area contributed by atoms with E-state index in [0.717, 1.165) is 5.56 Å². The molecule has 2 aromatic rings. The Morgan fingerprint density at radius 3 is 2.41 bits per heavy atom. The maximum Gasteiger partial charge on any atom is 0.188 e. The van der Waals surface area contributed by atoms with E-state index in [9.17, 15) is 8.42 Å². The van der Waals surface area contributed by atoms with Crippen molar-refractivity contribution in [3.05, 3.63) is 47.3 Å². The van der Waals surface area contributed by atoms with Crippen molar-refractivity contribution >= 4 is 26.9 Å². The minimum Gasteiger partial charge on any atom is -0.399 e. The second-order valence-electron chi connectivity index (χ2n) is 3.74.